The average molecular weight is 357 g/mol. The molecule has 0 amide bonds. The monoisotopic (exact) mass is 356 g/mol. The lowest BCUT2D eigenvalue weighted by molar-refractivity contribution is 0.236. The Morgan fingerprint density at radius 2 is 1.57 bits per heavy atom. The Kier molecular flexibility index (Phi) is 8.30. The smallest absolute Gasteiger partial charge is 0.123 e. The van der Waals surface area contributed by atoms with Crippen LogP contribution < -0.4 is 0 Å². The number of nitrogens with zero attached hydrogens (tertiary/aromatic N) is 2. The summed E-state index contributed by atoms with van der Waals surface area (Å²) in [6.07, 6.45) is 1.17. The Morgan fingerprint density at radius 3 is 2.14 bits per heavy atom. The summed E-state index contributed by atoms with van der Waals surface area (Å²) in [7, 11) is 0. The van der Waals surface area contributed by atoms with Gasteiger partial charge in [-0.2, -0.15) is 0 Å². The van der Waals surface area contributed by atoms with E-state index < -0.39 is 0 Å². The first-order chi connectivity index (χ1) is 10.0. The fraction of sp³-hybridized carbons (Fsp3) is 0.647. The second kappa shape index (κ2) is 9.44. The Balaban J connectivity index is 2.58. The summed E-state index contributed by atoms with van der Waals surface area (Å²) in [5.41, 5.74) is 1.94. The van der Waals surface area contributed by atoms with Crippen LogP contribution in [0.15, 0.2) is 16.6 Å². The van der Waals surface area contributed by atoms with Gasteiger partial charge in [-0.05, 0) is 63.8 Å². The zero-order chi connectivity index (χ0) is 15.8. The van der Waals surface area contributed by atoms with Crippen molar-refractivity contribution in [2.45, 2.75) is 40.7 Å². The fourth-order valence-electron chi connectivity index (χ4n) is 2.57. The summed E-state index contributed by atoms with van der Waals surface area (Å²) < 4.78 is 1.03. The zero-order valence-electron chi connectivity index (χ0n) is 13.8. The maximum Gasteiger partial charge on any atom is 0.123 e. The first kappa shape index (κ1) is 18.5. The van der Waals surface area contributed by atoms with Gasteiger partial charge < -0.3 is 10.0 Å². The SMILES string of the molecule is CCN(CC)CCCN(CC)Cc1cc(Br)cc(C)c1O. The van der Waals surface area contributed by atoms with Crippen LogP contribution in [0, 0.1) is 6.92 Å². The van der Waals surface area contributed by atoms with E-state index in [0.29, 0.717) is 5.75 Å². The van der Waals surface area contributed by atoms with Gasteiger partial charge in [0.1, 0.15) is 5.75 Å². The van der Waals surface area contributed by atoms with E-state index >= 15 is 0 Å². The van der Waals surface area contributed by atoms with Crippen LogP contribution in [-0.2, 0) is 6.54 Å². The van der Waals surface area contributed by atoms with Crippen LogP contribution in [-0.4, -0.2) is 47.6 Å². The lowest BCUT2D eigenvalue weighted by atomic mass is 10.1. The minimum absolute atomic E-state index is 0.431. The molecule has 120 valence electrons. The van der Waals surface area contributed by atoms with E-state index in [9.17, 15) is 5.11 Å². The number of aryl methyl sites for hydroxylation is 1. The lowest BCUT2D eigenvalue weighted by Crippen LogP contribution is -2.29. The number of phenols is 1. The van der Waals surface area contributed by atoms with Gasteiger partial charge in [-0.15, -0.1) is 0 Å². The number of aromatic hydroxyl groups is 1. The molecule has 0 aliphatic carbocycles. The molecule has 0 aliphatic heterocycles. The van der Waals surface area contributed by atoms with E-state index in [1.54, 1.807) is 0 Å². The van der Waals surface area contributed by atoms with Crippen molar-refractivity contribution in [3.63, 3.8) is 0 Å². The van der Waals surface area contributed by atoms with E-state index in [1.165, 1.54) is 6.42 Å². The summed E-state index contributed by atoms with van der Waals surface area (Å²) in [4.78, 5) is 4.85. The van der Waals surface area contributed by atoms with Crippen molar-refractivity contribution in [1.82, 2.24) is 9.80 Å². The Labute approximate surface area is 138 Å². The fourth-order valence-corrected chi connectivity index (χ4v) is 3.19. The van der Waals surface area contributed by atoms with Crippen LogP contribution in [0.2, 0.25) is 0 Å². The molecule has 0 bridgehead atoms. The maximum absolute atomic E-state index is 10.2. The Morgan fingerprint density at radius 1 is 1.00 bits per heavy atom. The summed E-state index contributed by atoms with van der Waals surface area (Å²) in [6.45, 7) is 14.8. The van der Waals surface area contributed by atoms with Crippen LogP contribution in [0.1, 0.15) is 38.3 Å². The minimum Gasteiger partial charge on any atom is -0.507 e. The predicted octanol–water partition coefficient (Wildman–Crippen LogP) is 4.02. The van der Waals surface area contributed by atoms with Gasteiger partial charge >= 0.3 is 0 Å². The standard InChI is InChI=1S/C17H29BrN2O/c1-5-19(6-2)9-8-10-20(7-3)13-15-12-16(18)11-14(4)17(15)21/h11-12,21H,5-10,13H2,1-4H3. The van der Waals surface area contributed by atoms with E-state index in [2.05, 4.69) is 46.5 Å². The van der Waals surface area contributed by atoms with Crippen molar-refractivity contribution in [2.75, 3.05) is 32.7 Å². The van der Waals surface area contributed by atoms with Crippen LogP contribution in [0.4, 0.5) is 0 Å². The third-order valence-electron chi connectivity index (χ3n) is 4.03. The molecule has 21 heavy (non-hydrogen) atoms. The molecule has 0 aromatic heterocycles. The van der Waals surface area contributed by atoms with Gasteiger partial charge in [0.05, 0.1) is 0 Å². The average Bonchev–Trinajstić information content (AvgIpc) is 2.47. The number of hydrogen-bond acceptors (Lipinski definition) is 3. The van der Waals surface area contributed by atoms with Crippen molar-refractivity contribution in [1.29, 1.82) is 0 Å². The molecule has 1 N–H and O–H groups in total. The van der Waals surface area contributed by atoms with Crippen molar-refractivity contribution >= 4 is 15.9 Å². The molecule has 4 heteroatoms. The summed E-state index contributed by atoms with van der Waals surface area (Å²) in [5.74, 6) is 0.431. The lowest BCUT2D eigenvalue weighted by Gasteiger charge is -2.24. The Hall–Kier alpha value is -0.580. The molecule has 0 radical (unpaired) electrons. The number of rotatable bonds is 9. The molecule has 0 fully saturated rings. The predicted molar refractivity (Wildman–Crippen MR) is 93.9 cm³/mol. The molecule has 0 saturated carbocycles. The molecule has 0 saturated heterocycles. The molecular weight excluding hydrogens is 328 g/mol. The number of phenolic OH excluding ortho intramolecular Hbond substituents is 1. The van der Waals surface area contributed by atoms with Gasteiger partial charge in [0.25, 0.3) is 0 Å². The number of halogens is 1. The highest BCUT2D eigenvalue weighted by Gasteiger charge is 2.11. The highest BCUT2D eigenvalue weighted by molar-refractivity contribution is 9.10. The molecule has 1 aromatic carbocycles. The molecule has 0 atom stereocenters. The quantitative estimate of drug-likeness (QED) is 0.723. The van der Waals surface area contributed by atoms with Gasteiger partial charge in [0.2, 0.25) is 0 Å². The third-order valence-corrected chi connectivity index (χ3v) is 4.49. The summed E-state index contributed by atoms with van der Waals surface area (Å²) in [6, 6.07) is 3.98. The molecule has 0 aliphatic rings. The molecule has 3 nitrogen and oxygen atoms in total. The first-order valence-electron chi connectivity index (χ1n) is 7.94. The number of hydrogen-bond donors (Lipinski definition) is 1. The van der Waals surface area contributed by atoms with E-state index in [4.69, 9.17) is 0 Å². The third kappa shape index (κ3) is 5.97. The minimum atomic E-state index is 0.431. The van der Waals surface area contributed by atoms with Crippen molar-refractivity contribution in [3.8, 4) is 5.75 Å². The normalized spacial score (nSPS) is 11.6. The van der Waals surface area contributed by atoms with Gasteiger partial charge in [-0.1, -0.05) is 36.7 Å². The van der Waals surface area contributed by atoms with Gasteiger partial charge in [-0.3, -0.25) is 4.90 Å². The van der Waals surface area contributed by atoms with Crippen LogP contribution in [0.3, 0.4) is 0 Å². The largest absolute Gasteiger partial charge is 0.507 e. The molecule has 1 rings (SSSR count). The highest BCUT2D eigenvalue weighted by atomic mass is 79.9. The first-order valence-corrected chi connectivity index (χ1v) is 8.73. The maximum atomic E-state index is 10.2. The summed E-state index contributed by atoms with van der Waals surface area (Å²) in [5, 5.41) is 10.2. The van der Waals surface area contributed by atoms with E-state index in [0.717, 1.165) is 54.9 Å². The van der Waals surface area contributed by atoms with Gasteiger partial charge in [0.15, 0.2) is 0 Å². The second-order valence-corrected chi connectivity index (χ2v) is 6.40. The molecular formula is C17H29BrN2O. The summed E-state index contributed by atoms with van der Waals surface area (Å²) >= 11 is 3.51. The van der Waals surface area contributed by atoms with Crippen LogP contribution >= 0.6 is 15.9 Å². The van der Waals surface area contributed by atoms with Crippen LogP contribution in [0.5, 0.6) is 5.75 Å². The topological polar surface area (TPSA) is 26.7 Å². The van der Waals surface area contributed by atoms with Crippen LogP contribution in [0.25, 0.3) is 0 Å². The van der Waals surface area contributed by atoms with E-state index in [-0.39, 0.29) is 0 Å². The van der Waals surface area contributed by atoms with Crippen molar-refractivity contribution in [2.24, 2.45) is 0 Å². The second-order valence-electron chi connectivity index (χ2n) is 5.48. The van der Waals surface area contributed by atoms with Gasteiger partial charge in [-0.25, -0.2) is 0 Å². The van der Waals surface area contributed by atoms with Crippen molar-refractivity contribution < 1.29 is 5.11 Å². The molecule has 0 heterocycles. The highest BCUT2D eigenvalue weighted by Crippen LogP contribution is 2.27. The Bertz CT molecular complexity index is 433. The zero-order valence-corrected chi connectivity index (χ0v) is 15.4. The van der Waals surface area contributed by atoms with Crippen molar-refractivity contribution in [3.05, 3.63) is 27.7 Å². The molecule has 1 aromatic rings. The molecule has 0 unspecified atom stereocenters. The van der Waals surface area contributed by atoms with E-state index in [1.807, 2.05) is 19.1 Å². The van der Waals surface area contributed by atoms with Gasteiger partial charge in [0, 0.05) is 16.6 Å². The molecule has 0 spiro atoms. The number of benzene rings is 1.